The van der Waals surface area contributed by atoms with E-state index in [0.717, 1.165) is 5.56 Å². The highest BCUT2D eigenvalue weighted by atomic mass is 35.5. The summed E-state index contributed by atoms with van der Waals surface area (Å²) in [5.74, 6) is -0.636. The zero-order chi connectivity index (χ0) is 17.7. The lowest BCUT2D eigenvalue weighted by Gasteiger charge is -2.22. The van der Waals surface area contributed by atoms with Crippen molar-refractivity contribution in [1.82, 2.24) is 5.32 Å². The summed E-state index contributed by atoms with van der Waals surface area (Å²) in [5, 5.41) is 6.03. The van der Waals surface area contributed by atoms with Crippen molar-refractivity contribution in [3.63, 3.8) is 0 Å². The summed E-state index contributed by atoms with van der Waals surface area (Å²) in [5.41, 5.74) is 2.12. The van der Waals surface area contributed by atoms with Gasteiger partial charge in [0.2, 0.25) is 5.91 Å². The van der Waals surface area contributed by atoms with Crippen LogP contribution < -0.4 is 10.6 Å². The molecular weight excluding hydrogens is 324 g/mol. The van der Waals surface area contributed by atoms with Crippen molar-refractivity contribution >= 4 is 29.1 Å². The van der Waals surface area contributed by atoms with Crippen LogP contribution in [-0.4, -0.2) is 17.9 Å². The van der Waals surface area contributed by atoms with Crippen molar-refractivity contribution in [2.24, 2.45) is 5.92 Å². The predicted molar refractivity (Wildman–Crippen MR) is 97.4 cm³/mol. The molecule has 24 heavy (non-hydrogen) atoms. The molecule has 0 aliphatic heterocycles. The maximum absolute atomic E-state index is 12.5. The average molecular weight is 345 g/mol. The molecule has 0 fully saturated rings. The third-order valence-corrected chi connectivity index (χ3v) is 4.01. The Hall–Kier alpha value is -2.33. The number of carbonyl (C=O) groups excluding carboxylic acids is 2. The summed E-state index contributed by atoms with van der Waals surface area (Å²) >= 11 is 6.07. The van der Waals surface area contributed by atoms with Crippen LogP contribution in [-0.2, 0) is 4.79 Å². The molecule has 0 spiro atoms. The van der Waals surface area contributed by atoms with E-state index in [9.17, 15) is 9.59 Å². The third kappa shape index (κ3) is 4.59. The lowest BCUT2D eigenvalue weighted by atomic mass is 10.0. The SMILES string of the molecule is Cc1ccc(C(=O)NC(C(=O)Nc2ccccc2Cl)C(C)C)cc1. The average Bonchev–Trinajstić information content (AvgIpc) is 2.54. The second-order valence-corrected chi connectivity index (χ2v) is 6.44. The van der Waals surface area contributed by atoms with Crippen molar-refractivity contribution in [2.45, 2.75) is 26.8 Å². The quantitative estimate of drug-likeness (QED) is 0.860. The first-order chi connectivity index (χ1) is 11.4. The van der Waals surface area contributed by atoms with Gasteiger partial charge in [0, 0.05) is 5.56 Å². The number of halogens is 1. The van der Waals surface area contributed by atoms with Crippen LogP contribution in [0.2, 0.25) is 5.02 Å². The summed E-state index contributed by atoms with van der Waals surface area (Å²) in [6.07, 6.45) is 0. The van der Waals surface area contributed by atoms with Gasteiger partial charge >= 0.3 is 0 Å². The van der Waals surface area contributed by atoms with Crippen molar-refractivity contribution in [3.05, 3.63) is 64.7 Å². The predicted octanol–water partition coefficient (Wildman–Crippen LogP) is 4.04. The number of anilines is 1. The molecule has 2 rings (SSSR count). The smallest absolute Gasteiger partial charge is 0.251 e. The van der Waals surface area contributed by atoms with E-state index in [0.29, 0.717) is 16.3 Å². The summed E-state index contributed by atoms with van der Waals surface area (Å²) in [7, 11) is 0. The van der Waals surface area contributed by atoms with Crippen molar-refractivity contribution in [2.75, 3.05) is 5.32 Å². The molecule has 0 bridgehead atoms. The minimum atomic E-state index is -0.657. The van der Waals surface area contributed by atoms with E-state index in [-0.39, 0.29) is 17.7 Å². The maximum Gasteiger partial charge on any atom is 0.251 e. The largest absolute Gasteiger partial charge is 0.340 e. The fraction of sp³-hybridized carbons (Fsp3) is 0.263. The Morgan fingerprint density at radius 3 is 2.21 bits per heavy atom. The molecule has 0 saturated carbocycles. The first-order valence-electron chi connectivity index (χ1n) is 7.81. The second-order valence-electron chi connectivity index (χ2n) is 6.03. The Bertz CT molecular complexity index is 726. The maximum atomic E-state index is 12.5. The number of hydrogen-bond donors (Lipinski definition) is 2. The number of para-hydroxylation sites is 1. The van der Waals surface area contributed by atoms with Gasteiger partial charge in [0.15, 0.2) is 0 Å². The Kier molecular flexibility index (Phi) is 5.99. The Morgan fingerprint density at radius 2 is 1.62 bits per heavy atom. The summed E-state index contributed by atoms with van der Waals surface area (Å²) < 4.78 is 0. The van der Waals surface area contributed by atoms with Crippen LogP contribution in [0.25, 0.3) is 0 Å². The molecule has 5 heteroatoms. The van der Waals surface area contributed by atoms with Gasteiger partial charge in [-0.3, -0.25) is 9.59 Å². The Morgan fingerprint density at radius 1 is 1.00 bits per heavy atom. The minimum Gasteiger partial charge on any atom is -0.340 e. The number of hydrogen-bond acceptors (Lipinski definition) is 2. The van der Waals surface area contributed by atoms with Gasteiger partial charge in [0.25, 0.3) is 5.91 Å². The number of carbonyl (C=O) groups is 2. The van der Waals surface area contributed by atoms with Gasteiger partial charge in [-0.25, -0.2) is 0 Å². The summed E-state index contributed by atoms with van der Waals surface area (Å²) in [4.78, 5) is 24.9. The van der Waals surface area contributed by atoms with Gasteiger partial charge in [0.05, 0.1) is 10.7 Å². The molecule has 0 saturated heterocycles. The molecule has 2 aromatic carbocycles. The second kappa shape index (κ2) is 7.97. The molecule has 1 atom stereocenters. The lowest BCUT2D eigenvalue weighted by Crippen LogP contribution is -2.47. The molecule has 2 N–H and O–H groups in total. The highest BCUT2D eigenvalue weighted by molar-refractivity contribution is 6.33. The highest BCUT2D eigenvalue weighted by Gasteiger charge is 2.25. The molecule has 126 valence electrons. The zero-order valence-electron chi connectivity index (χ0n) is 14.0. The molecule has 0 aliphatic rings. The van der Waals surface area contributed by atoms with Gasteiger partial charge in [-0.05, 0) is 37.1 Å². The van der Waals surface area contributed by atoms with Gasteiger partial charge in [0.1, 0.15) is 6.04 Å². The number of benzene rings is 2. The first-order valence-corrected chi connectivity index (χ1v) is 8.19. The van der Waals surface area contributed by atoms with Gasteiger partial charge < -0.3 is 10.6 Å². The van der Waals surface area contributed by atoms with Crippen LogP contribution in [0.1, 0.15) is 29.8 Å². The Balaban J connectivity index is 2.11. The molecule has 4 nitrogen and oxygen atoms in total. The van der Waals surface area contributed by atoms with Gasteiger partial charge in [-0.15, -0.1) is 0 Å². The fourth-order valence-electron chi connectivity index (χ4n) is 2.24. The van der Waals surface area contributed by atoms with Crippen molar-refractivity contribution in [1.29, 1.82) is 0 Å². The molecular formula is C19H21ClN2O2. The van der Waals surface area contributed by atoms with Crippen LogP contribution in [0.3, 0.4) is 0 Å². The molecule has 0 aliphatic carbocycles. The van der Waals surface area contributed by atoms with E-state index in [4.69, 9.17) is 11.6 Å². The van der Waals surface area contributed by atoms with Gasteiger partial charge in [-0.1, -0.05) is 55.3 Å². The van der Waals surface area contributed by atoms with E-state index < -0.39 is 6.04 Å². The monoisotopic (exact) mass is 344 g/mol. The lowest BCUT2D eigenvalue weighted by molar-refractivity contribution is -0.118. The summed E-state index contributed by atoms with van der Waals surface area (Å²) in [6.45, 7) is 5.72. The molecule has 0 radical (unpaired) electrons. The highest BCUT2D eigenvalue weighted by Crippen LogP contribution is 2.21. The Labute approximate surface area is 147 Å². The molecule has 1 unspecified atom stereocenters. The van der Waals surface area contributed by atoms with E-state index in [1.54, 1.807) is 36.4 Å². The van der Waals surface area contributed by atoms with Crippen molar-refractivity contribution < 1.29 is 9.59 Å². The third-order valence-electron chi connectivity index (χ3n) is 3.68. The standard InChI is InChI=1S/C19H21ClN2O2/c1-12(2)17(19(24)21-16-7-5-4-6-15(16)20)22-18(23)14-10-8-13(3)9-11-14/h4-12,17H,1-3H3,(H,21,24)(H,22,23). The molecule has 2 amide bonds. The van der Waals surface area contributed by atoms with E-state index in [1.807, 2.05) is 32.9 Å². The molecule has 0 heterocycles. The van der Waals surface area contributed by atoms with Crippen LogP contribution in [0.5, 0.6) is 0 Å². The van der Waals surface area contributed by atoms with E-state index >= 15 is 0 Å². The number of rotatable bonds is 5. The van der Waals surface area contributed by atoms with Crippen LogP contribution in [0.15, 0.2) is 48.5 Å². The normalized spacial score (nSPS) is 11.9. The number of aryl methyl sites for hydroxylation is 1. The fourth-order valence-corrected chi connectivity index (χ4v) is 2.42. The van der Waals surface area contributed by atoms with E-state index in [2.05, 4.69) is 10.6 Å². The van der Waals surface area contributed by atoms with Crippen molar-refractivity contribution in [3.8, 4) is 0 Å². The first kappa shape index (κ1) is 18.0. The van der Waals surface area contributed by atoms with Crippen LogP contribution in [0.4, 0.5) is 5.69 Å². The zero-order valence-corrected chi connectivity index (χ0v) is 14.7. The van der Waals surface area contributed by atoms with Crippen LogP contribution in [0, 0.1) is 12.8 Å². The number of nitrogens with one attached hydrogen (secondary N) is 2. The minimum absolute atomic E-state index is 0.0677. The van der Waals surface area contributed by atoms with Gasteiger partial charge in [-0.2, -0.15) is 0 Å². The topological polar surface area (TPSA) is 58.2 Å². The van der Waals surface area contributed by atoms with Crippen LogP contribution >= 0.6 is 11.6 Å². The summed E-state index contributed by atoms with van der Waals surface area (Å²) in [6, 6.07) is 13.6. The molecule has 0 aromatic heterocycles. The number of amides is 2. The molecule has 2 aromatic rings. The van der Waals surface area contributed by atoms with E-state index in [1.165, 1.54) is 0 Å².